The molecule has 0 bridgehead atoms. The van der Waals surface area contributed by atoms with Crippen molar-refractivity contribution in [1.29, 1.82) is 0 Å². The zero-order valence-corrected chi connectivity index (χ0v) is 14.4. The summed E-state index contributed by atoms with van der Waals surface area (Å²) >= 11 is 0. The maximum atomic E-state index is 5.16. The molecular formula is C19H27N3O+2. The second kappa shape index (κ2) is 7.90. The first-order valence-electron chi connectivity index (χ1n) is 7.94. The minimum Gasteiger partial charge on any atom is -0.497 e. The molecule has 0 saturated carbocycles. The third kappa shape index (κ3) is 4.65. The molecule has 4 N–H and O–H groups in total. The number of methoxy groups -OCH3 is 1. The molecule has 0 aromatic heterocycles. The van der Waals surface area contributed by atoms with E-state index in [0.717, 1.165) is 17.9 Å². The highest BCUT2D eigenvalue weighted by Crippen LogP contribution is 2.29. The van der Waals surface area contributed by atoms with Crippen molar-refractivity contribution < 1.29 is 15.5 Å². The summed E-state index contributed by atoms with van der Waals surface area (Å²) in [5, 5.41) is 6.63. The van der Waals surface area contributed by atoms with Crippen molar-refractivity contribution >= 4 is 17.6 Å². The number of nitrogens with zero attached hydrogens (tertiary/aromatic N) is 1. The summed E-state index contributed by atoms with van der Waals surface area (Å²) in [6.07, 6.45) is 2.89. The average molecular weight is 313 g/mol. The molecule has 0 unspecified atom stereocenters. The molecule has 0 fully saturated rings. The Balaban J connectivity index is 1.97. The van der Waals surface area contributed by atoms with Crippen LogP contribution in [0.25, 0.3) is 0 Å². The van der Waals surface area contributed by atoms with E-state index in [1.165, 1.54) is 11.3 Å². The molecule has 4 heteroatoms. The third-order valence-corrected chi connectivity index (χ3v) is 4.05. The number of hydrogen-bond donors (Lipinski definition) is 2. The quantitative estimate of drug-likeness (QED) is 0.350. The summed E-state index contributed by atoms with van der Waals surface area (Å²) in [6.45, 7) is 4.52. The van der Waals surface area contributed by atoms with Gasteiger partial charge < -0.3 is 10.1 Å². The average Bonchev–Trinajstić information content (AvgIpc) is 2.59. The van der Waals surface area contributed by atoms with Crippen molar-refractivity contribution in [2.75, 3.05) is 14.2 Å². The molecule has 0 aliphatic rings. The fourth-order valence-corrected chi connectivity index (χ4v) is 2.58. The molecule has 2 rings (SSSR count). The van der Waals surface area contributed by atoms with Crippen LogP contribution in [-0.4, -0.2) is 20.4 Å². The van der Waals surface area contributed by atoms with E-state index in [0.29, 0.717) is 0 Å². The Kier molecular flexibility index (Phi) is 5.90. The number of para-hydroxylation sites is 1. The lowest BCUT2D eigenvalue weighted by Crippen LogP contribution is -2.73. The first-order chi connectivity index (χ1) is 11.1. The van der Waals surface area contributed by atoms with Crippen LogP contribution in [-0.2, 0) is 5.41 Å². The van der Waals surface area contributed by atoms with E-state index >= 15 is 0 Å². The van der Waals surface area contributed by atoms with E-state index in [-0.39, 0.29) is 5.41 Å². The van der Waals surface area contributed by atoms with E-state index in [1.807, 2.05) is 35.9 Å². The van der Waals surface area contributed by atoms with Crippen LogP contribution in [0.3, 0.4) is 0 Å². The highest BCUT2D eigenvalue weighted by Gasteiger charge is 2.24. The normalized spacial score (nSPS) is 11.8. The fraction of sp³-hybridized carbons (Fsp3) is 0.316. The largest absolute Gasteiger partial charge is 0.497 e. The SMILES string of the molecule is C[NH2+]c1ccccc1C(C)(C)C/C=N/[NH2+]c1ccc(OC)cc1. The molecule has 2 aromatic carbocycles. The molecule has 122 valence electrons. The molecular weight excluding hydrogens is 286 g/mol. The minimum atomic E-state index is 0.0559. The Hall–Kier alpha value is -2.17. The second-order valence-corrected chi connectivity index (χ2v) is 6.20. The Morgan fingerprint density at radius 1 is 1.09 bits per heavy atom. The zero-order chi connectivity index (χ0) is 16.7. The maximum Gasteiger partial charge on any atom is 0.156 e. The second-order valence-electron chi connectivity index (χ2n) is 6.20. The summed E-state index contributed by atoms with van der Waals surface area (Å²) in [4.78, 5) is 0. The zero-order valence-electron chi connectivity index (χ0n) is 14.4. The van der Waals surface area contributed by atoms with Crippen LogP contribution in [0.1, 0.15) is 25.8 Å². The van der Waals surface area contributed by atoms with Crippen LogP contribution in [0, 0.1) is 0 Å². The number of quaternary nitrogens is 2. The van der Waals surface area contributed by atoms with Crippen LogP contribution < -0.4 is 15.5 Å². The molecule has 23 heavy (non-hydrogen) atoms. The summed E-state index contributed by atoms with van der Waals surface area (Å²) in [6, 6.07) is 16.4. The lowest BCUT2D eigenvalue weighted by molar-refractivity contribution is -0.577. The Morgan fingerprint density at radius 2 is 1.78 bits per heavy atom. The van der Waals surface area contributed by atoms with Crippen molar-refractivity contribution in [1.82, 2.24) is 0 Å². The van der Waals surface area contributed by atoms with E-state index in [2.05, 4.69) is 55.6 Å². The lowest BCUT2D eigenvalue weighted by atomic mass is 9.81. The predicted molar refractivity (Wildman–Crippen MR) is 94.7 cm³/mol. The van der Waals surface area contributed by atoms with E-state index in [9.17, 15) is 0 Å². The maximum absolute atomic E-state index is 5.16. The summed E-state index contributed by atoms with van der Waals surface area (Å²) in [5.41, 5.74) is 5.67. The van der Waals surface area contributed by atoms with E-state index < -0.39 is 0 Å². The van der Waals surface area contributed by atoms with Gasteiger partial charge in [0.05, 0.1) is 20.4 Å². The monoisotopic (exact) mass is 313 g/mol. The van der Waals surface area contributed by atoms with Crippen molar-refractivity contribution in [2.24, 2.45) is 5.10 Å². The molecule has 0 amide bonds. The predicted octanol–water partition coefficient (Wildman–Crippen LogP) is 2.07. The molecule has 0 aliphatic carbocycles. The first-order valence-corrected chi connectivity index (χ1v) is 7.94. The summed E-state index contributed by atoms with van der Waals surface area (Å²) in [5.74, 6) is 0.861. The Morgan fingerprint density at radius 3 is 2.43 bits per heavy atom. The molecule has 4 nitrogen and oxygen atoms in total. The minimum absolute atomic E-state index is 0.0559. The molecule has 0 radical (unpaired) electrons. The van der Waals surface area contributed by atoms with Crippen LogP contribution >= 0.6 is 0 Å². The molecule has 0 aliphatic heterocycles. The van der Waals surface area contributed by atoms with Gasteiger partial charge in [-0.1, -0.05) is 37.1 Å². The van der Waals surface area contributed by atoms with E-state index in [4.69, 9.17) is 4.74 Å². The number of hydrogen-bond acceptors (Lipinski definition) is 2. The number of benzene rings is 2. The summed E-state index contributed by atoms with van der Waals surface area (Å²) < 4.78 is 5.16. The van der Waals surface area contributed by atoms with Gasteiger partial charge in [0.15, 0.2) is 5.69 Å². The van der Waals surface area contributed by atoms with E-state index in [1.54, 1.807) is 7.11 Å². The van der Waals surface area contributed by atoms with Gasteiger partial charge in [-0.15, -0.1) is 0 Å². The van der Waals surface area contributed by atoms with Crippen molar-refractivity contribution in [3.8, 4) is 5.75 Å². The number of nitrogens with two attached hydrogens (primary N) is 2. The van der Waals surface area contributed by atoms with Gasteiger partial charge in [0.1, 0.15) is 11.4 Å². The van der Waals surface area contributed by atoms with Crippen LogP contribution in [0.15, 0.2) is 53.6 Å². The standard InChI is InChI=1S/C19H25N3O/c1-19(2,17-7-5-6-8-18(17)20-3)13-14-21-22-15-9-11-16(23-4)12-10-15/h5-12,14,20,22H,13H2,1-4H3/p+2/b21-14+. The molecule has 0 spiro atoms. The molecule has 2 aromatic rings. The number of rotatable bonds is 7. The van der Waals surface area contributed by atoms with Gasteiger partial charge in [0.25, 0.3) is 0 Å². The van der Waals surface area contributed by atoms with Gasteiger partial charge in [-0.3, -0.25) is 0 Å². The van der Waals surface area contributed by atoms with Crippen LogP contribution in [0.4, 0.5) is 11.4 Å². The smallest absolute Gasteiger partial charge is 0.156 e. The van der Waals surface area contributed by atoms with Gasteiger partial charge in [-0.2, -0.15) is 5.43 Å². The van der Waals surface area contributed by atoms with Crippen molar-refractivity contribution in [2.45, 2.75) is 25.7 Å². The molecule has 0 saturated heterocycles. The first kappa shape index (κ1) is 17.2. The lowest BCUT2D eigenvalue weighted by Gasteiger charge is -2.23. The van der Waals surface area contributed by atoms with Gasteiger partial charge in [-0.25, -0.2) is 0 Å². The Labute approximate surface area is 138 Å². The molecule has 0 heterocycles. The van der Waals surface area contributed by atoms with Crippen molar-refractivity contribution in [3.63, 3.8) is 0 Å². The third-order valence-electron chi connectivity index (χ3n) is 4.05. The van der Waals surface area contributed by atoms with Crippen LogP contribution in [0.5, 0.6) is 5.75 Å². The Bertz CT molecular complexity index is 648. The van der Waals surface area contributed by atoms with Gasteiger partial charge >= 0.3 is 0 Å². The van der Waals surface area contributed by atoms with Crippen molar-refractivity contribution in [3.05, 3.63) is 54.1 Å². The fourth-order valence-electron chi connectivity index (χ4n) is 2.58. The number of ether oxygens (including phenoxy) is 1. The highest BCUT2D eigenvalue weighted by molar-refractivity contribution is 5.60. The van der Waals surface area contributed by atoms with Gasteiger partial charge in [-0.05, 0) is 24.6 Å². The highest BCUT2D eigenvalue weighted by atomic mass is 16.5. The van der Waals surface area contributed by atoms with Gasteiger partial charge in [0.2, 0.25) is 0 Å². The van der Waals surface area contributed by atoms with Crippen LogP contribution in [0.2, 0.25) is 0 Å². The topological polar surface area (TPSA) is 54.8 Å². The molecule has 0 atom stereocenters. The summed E-state index contributed by atoms with van der Waals surface area (Å²) in [7, 11) is 3.75. The van der Waals surface area contributed by atoms with Gasteiger partial charge in [0, 0.05) is 23.1 Å².